The van der Waals surface area contributed by atoms with E-state index in [-0.39, 0.29) is 24.0 Å². The molecule has 142 valence electrons. The lowest BCUT2D eigenvalue weighted by atomic mass is 10.2. The summed E-state index contributed by atoms with van der Waals surface area (Å²) in [6.07, 6.45) is 0.332. The number of rotatable bonds is 7. The zero-order valence-corrected chi connectivity index (χ0v) is 14.4. The second-order valence-electron chi connectivity index (χ2n) is 5.78. The average molecular weight is 375 g/mol. The summed E-state index contributed by atoms with van der Waals surface area (Å²) >= 11 is 0. The second kappa shape index (κ2) is 7.36. The summed E-state index contributed by atoms with van der Waals surface area (Å²) in [6, 6.07) is 5.13. The number of nitrogens with one attached hydrogen (secondary N) is 2. The summed E-state index contributed by atoms with van der Waals surface area (Å²) in [6.45, 7) is 1.82. The van der Waals surface area contributed by atoms with Crippen LogP contribution in [0.5, 0.6) is 11.5 Å². The maximum absolute atomic E-state index is 14.3. The number of carbonyl (C=O) groups excluding carboxylic acids is 2. The van der Waals surface area contributed by atoms with Gasteiger partial charge in [0.05, 0.1) is 5.56 Å². The molecule has 0 saturated carbocycles. The molecular weight excluding hydrogens is 357 g/mol. The Kier molecular flexibility index (Phi) is 4.97. The van der Waals surface area contributed by atoms with Crippen molar-refractivity contribution in [1.82, 2.24) is 4.98 Å². The lowest BCUT2D eigenvalue weighted by Gasteiger charge is -2.17. The van der Waals surface area contributed by atoms with Gasteiger partial charge >= 0.3 is 0 Å². The van der Waals surface area contributed by atoms with Gasteiger partial charge in [-0.15, -0.1) is 0 Å². The fourth-order valence-electron chi connectivity index (χ4n) is 2.52. The molecule has 27 heavy (non-hydrogen) atoms. The molecule has 2 heterocycles. The van der Waals surface area contributed by atoms with Crippen LogP contribution in [0.2, 0.25) is 0 Å². The monoisotopic (exact) mass is 375 g/mol. The van der Waals surface area contributed by atoms with Crippen molar-refractivity contribution in [2.45, 2.75) is 19.4 Å². The van der Waals surface area contributed by atoms with Gasteiger partial charge in [-0.25, -0.2) is 9.37 Å². The lowest BCUT2D eigenvalue weighted by Crippen LogP contribution is -2.35. The largest absolute Gasteiger partial charge is 0.454 e. The Balaban J connectivity index is 1.95. The van der Waals surface area contributed by atoms with Gasteiger partial charge in [0.1, 0.15) is 11.9 Å². The van der Waals surface area contributed by atoms with Crippen LogP contribution in [0, 0.1) is 5.82 Å². The number of halogens is 1. The Morgan fingerprint density at radius 2 is 1.96 bits per heavy atom. The van der Waals surface area contributed by atoms with Crippen molar-refractivity contribution >= 4 is 29.1 Å². The molecule has 1 aliphatic heterocycles. The molecular formula is C17H18FN5O4. The summed E-state index contributed by atoms with van der Waals surface area (Å²) in [5.41, 5.74) is 11.0. The number of ether oxygens (including phenoxy) is 2. The van der Waals surface area contributed by atoms with E-state index in [1.807, 2.05) is 0 Å². The first-order valence-corrected chi connectivity index (χ1v) is 8.12. The Labute approximate surface area is 153 Å². The maximum atomic E-state index is 14.3. The van der Waals surface area contributed by atoms with Crippen molar-refractivity contribution in [3.05, 3.63) is 35.6 Å². The number of hydrogen-bond donors (Lipinski definition) is 4. The van der Waals surface area contributed by atoms with Crippen molar-refractivity contribution in [2.75, 3.05) is 17.4 Å². The van der Waals surface area contributed by atoms with E-state index in [1.54, 1.807) is 25.1 Å². The Bertz CT molecular complexity index is 905. The van der Waals surface area contributed by atoms with E-state index in [9.17, 15) is 14.0 Å². The molecule has 0 saturated heterocycles. The van der Waals surface area contributed by atoms with Crippen LogP contribution in [0.4, 0.5) is 21.7 Å². The van der Waals surface area contributed by atoms with Crippen LogP contribution >= 0.6 is 0 Å². The third kappa shape index (κ3) is 3.84. The van der Waals surface area contributed by atoms with Crippen LogP contribution in [0.3, 0.4) is 0 Å². The maximum Gasteiger partial charge on any atom is 0.252 e. The zero-order valence-electron chi connectivity index (χ0n) is 14.4. The minimum absolute atomic E-state index is 0.0181. The smallest absolute Gasteiger partial charge is 0.252 e. The van der Waals surface area contributed by atoms with Crippen LogP contribution in [0.25, 0.3) is 0 Å². The number of fused-ring (bicyclic) bond motifs is 1. The van der Waals surface area contributed by atoms with Crippen molar-refractivity contribution < 1.29 is 23.5 Å². The van der Waals surface area contributed by atoms with E-state index in [2.05, 4.69) is 15.6 Å². The fourth-order valence-corrected chi connectivity index (χ4v) is 2.52. The predicted molar refractivity (Wildman–Crippen MR) is 95.5 cm³/mol. The van der Waals surface area contributed by atoms with Crippen molar-refractivity contribution in [3.63, 3.8) is 0 Å². The van der Waals surface area contributed by atoms with E-state index in [0.29, 0.717) is 23.6 Å². The number of aromatic nitrogens is 1. The van der Waals surface area contributed by atoms with Gasteiger partial charge in [0.15, 0.2) is 23.1 Å². The zero-order chi connectivity index (χ0) is 19.6. The van der Waals surface area contributed by atoms with E-state index in [0.717, 1.165) is 6.07 Å². The topological polar surface area (TPSA) is 142 Å². The first-order valence-electron chi connectivity index (χ1n) is 8.12. The van der Waals surface area contributed by atoms with Crippen LogP contribution in [-0.4, -0.2) is 29.6 Å². The summed E-state index contributed by atoms with van der Waals surface area (Å²) in [5.74, 6) is -1.46. The van der Waals surface area contributed by atoms with Crippen molar-refractivity contribution in [1.29, 1.82) is 0 Å². The fraction of sp³-hybridized carbons (Fsp3) is 0.235. The van der Waals surface area contributed by atoms with Gasteiger partial charge in [-0.3, -0.25) is 9.59 Å². The molecule has 2 amide bonds. The predicted octanol–water partition coefficient (Wildman–Crippen LogP) is 1.47. The number of nitrogens with two attached hydrogens (primary N) is 2. The number of primary amides is 2. The van der Waals surface area contributed by atoms with Gasteiger partial charge < -0.3 is 31.6 Å². The summed E-state index contributed by atoms with van der Waals surface area (Å²) < 4.78 is 24.8. The highest BCUT2D eigenvalue weighted by molar-refractivity contribution is 5.98. The van der Waals surface area contributed by atoms with E-state index >= 15 is 0 Å². The quantitative estimate of drug-likeness (QED) is 0.574. The average Bonchev–Trinajstić information content (AvgIpc) is 3.08. The molecule has 1 aliphatic rings. The highest BCUT2D eigenvalue weighted by Crippen LogP contribution is 2.35. The third-order valence-corrected chi connectivity index (χ3v) is 3.94. The van der Waals surface area contributed by atoms with Crippen LogP contribution in [0.1, 0.15) is 23.7 Å². The number of amides is 2. The second-order valence-corrected chi connectivity index (χ2v) is 5.78. The molecule has 10 heteroatoms. The van der Waals surface area contributed by atoms with Gasteiger partial charge in [-0.05, 0) is 24.6 Å². The first kappa shape index (κ1) is 18.2. The summed E-state index contributed by atoms with van der Waals surface area (Å²) in [4.78, 5) is 27.2. The molecule has 0 radical (unpaired) electrons. The van der Waals surface area contributed by atoms with Crippen molar-refractivity contribution in [2.24, 2.45) is 11.5 Å². The first-order chi connectivity index (χ1) is 12.9. The van der Waals surface area contributed by atoms with Gasteiger partial charge in [-0.2, -0.15) is 0 Å². The van der Waals surface area contributed by atoms with Crippen LogP contribution < -0.4 is 31.6 Å². The number of pyridine rings is 1. The third-order valence-electron chi connectivity index (χ3n) is 3.94. The highest BCUT2D eigenvalue weighted by Gasteiger charge is 2.21. The molecule has 1 aromatic heterocycles. The Morgan fingerprint density at radius 1 is 1.22 bits per heavy atom. The number of carbonyl (C=O) groups is 2. The number of nitrogens with zero attached hydrogens (tertiary/aromatic N) is 1. The molecule has 0 unspecified atom stereocenters. The van der Waals surface area contributed by atoms with E-state index in [1.165, 1.54) is 0 Å². The molecule has 1 aromatic carbocycles. The number of benzene rings is 1. The molecule has 0 aliphatic carbocycles. The van der Waals surface area contributed by atoms with Gasteiger partial charge in [0.2, 0.25) is 12.7 Å². The lowest BCUT2D eigenvalue weighted by molar-refractivity contribution is -0.118. The Hall–Kier alpha value is -3.56. The molecule has 0 fully saturated rings. The Morgan fingerprint density at radius 3 is 2.63 bits per heavy atom. The molecule has 9 nitrogen and oxygen atoms in total. The molecule has 3 rings (SSSR count). The summed E-state index contributed by atoms with van der Waals surface area (Å²) in [7, 11) is 0. The van der Waals surface area contributed by atoms with E-state index < -0.39 is 23.7 Å². The van der Waals surface area contributed by atoms with Gasteiger partial charge in [0.25, 0.3) is 5.91 Å². The van der Waals surface area contributed by atoms with Gasteiger partial charge in [-0.1, -0.05) is 6.92 Å². The minimum atomic E-state index is -0.863. The minimum Gasteiger partial charge on any atom is -0.454 e. The van der Waals surface area contributed by atoms with Crippen LogP contribution in [0.15, 0.2) is 24.3 Å². The van der Waals surface area contributed by atoms with Gasteiger partial charge in [0, 0.05) is 11.8 Å². The SMILES string of the molecule is CC[C@@H](Nc1nc(Nc2ccc3c(c2)OCO3)c(C(N)=O)cc1F)C(N)=O. The van der Waals surface area contributed by atoms with Crippen LogP contribution in [-0.2, 0) is 4.79 Å². The summed E-state index contributed by atoms with van der Waals surface area (Å²) in [5, 5.41) is 5.53. The number of anilines is 3. The molecule has 0 spiro atoms. The molecule has 6 N–H and O–H groups in total. The standard InChI is InChI=1S/C17H18FN5O4/c1-2-11(15(20)25)22-17-10(18)6-9(14(19)24)16(23-17)21-8-3-4-12-13(5-8)27-7-26-12/h3-6,11H,2,7H2,1H3,(H2,19,24)(H2,20,25)(H2,21,22,23)/t11-/m1/s1. The molecule has 1 atom stereocenters. The highest BCUT2D eigenvalue weighted by atomic mass is 19.1. The number of hydrogen-bond acceptors (Lipinski definition) is 7. The molecule has 2 aromatic rings. The molecule has 0 bridgehead atoms. The van der Waals surface area contributed by atoms with Crippen molar-refractivity contribution in [3.8, 4) is 11.5 Å². The van der Waals surface area contributed by atoms with E-state index in [4.69, 9.17) is 20.9 Å². The normalized spacial score (nSPS) is 13.1.